The molecular formula is C11H16O3S. The molecule has 0 radical (unpaired) electrons. The van der Waals surface area contributed by atoms with Gasteiger partial charge in [-0.2, -0.15) is 11.8 Å². The Kier molecular flexibility index (Phi) is 5.32. The molecule has 0 atom stereocenters. The van der Waals surface area contributed by atoms with Crippen LogP contribution in [0.5, 0.6) is 0 Å². The molecule has 0 aliphatic heterocycles. The van der Waals surface area contributed by atoms with Gasteiger partial charge in [-0.1, -0.05) is 19.8 Å². The van der Waals surface area contributed by atoms with E-state index >= 15 is 0 Å². The number of carboxylic acids is 1. The molecule has 15 heavy (non-hydrogen) atoms. The van der Waals surface area contributed by atoms with E-state index < -0.39 is 5.97 Å². The van der Waals surface area contributed by atoms with Crippen LogP contribution in [0.2, 0.25) is 0 Å². The van der Waals surface area contributed by atoms with Gasteiger partial charge in [0.05, 0.1) is 12.0 Å². The van der Waals surface area contributed by atoms with Gasteiger partial charge in [0.25, 0.3) is 0 Å². The van der Waals surface area contributed by atoms with Crippen LogP contribution < -0.4 is 0 Å². The fourth-order valence-electron chi connectivity index (χ4n) is 1.26. The molecule has 1 rings (SSSR count). The van der Waals surface area contributed by atoms with E-state index in [9.17, 15) is 4.79 Å². The predicted octanol–water partition coefficient (Wildman–Crippen LogP) is 3.40. The summed E-state index contributed by atoms with van der Waals surface area (Å²) in [6.07, 6.45) is 5.06. The molecule has 0 amide bonds. The van der Waals surface area contributed by atoms with Crippen LogP contribution in [-0.4, -0.2) is 16.8 Å². The minimum Gasteiger partial charge on any atom is -0.478 e. The summed E-state index contributed by atoms with van der Waals surface area (Å²) in [5.74, 6) is 1.38. The second-order valence-corrected chi connectivity index (χ2v) is 4.43. The van der Waals surface area contributed by atoms with E-state index in [1.54, 1.807) is 11.8 Å². The average molecular weight is 228 g/mol. The molecule has 0 unspecified atom stereocenters. The first-order valence-electron chi connectivity index (χ1n) is 5.13. The summed E-state index contributed by atoms with van der Waals surface area (Å²) in [4.78, 5) is 10.7. The van der Waals surface area contributed by atoms with Crippen LogP contribution >= 0.6 is 11.8 Å². The van der Waals surface area contributed by atoms with Gasteiger partial charge < -0.3 is 9.52 Å². The van der Waals surface area contributed by atoms with Crippen molar-refractivity contribution in [2.75, 3.05) is 5.75 Å². The zero-order valence-corrected chi connectivity index (χ0v) is 9.68. The molecule has 3 nitrogen and oxygen atoms in total. The Morgan fingerprint density at radius 3 is 3.00 bits per heavy atom. The van der Waals surface area contributed by atoms with Crippen LogP contribution in [0.3, 0.4) is 0 Å². The van der Waals surface area contributed by atoms with Gasteiger partial charge in [-0.25, -0.2) is 4.79 Å². The highest BCUT2D eigenvalue weighted by molar-refractivity contribution is 7.98. The summed E-state index contributed by atoms with van der Waals surface area (Å²) < 4.78 is 5.13. The van der Waals surface area contributed by atoms with Gasteiger partial charge in [-0.15, -0.1) is 0 Å². The molecular weight excluding hydrogens is 212 g/mol. The van der Waals surface area contributed by atoms with Gasteiger partial charge in [0.2, 0.25) is 0 Å². The number of carbonyl (C=O) groups is 1. The van der Waals surface area contributed by atoms with Crippen LogP contribution in [0.4, 0.5) is 0 Å². The third kappa shape index (κ3) is 4.00. The van der Waals surface area contributed by atoms with Gasteiger partial charge in [-0.05, 0) is 18.2 Å². The first-order chi connectivity index (χ1) is 7.25. The lowest BCUT2D eigenvalue weighted by Crippen LogP contribution is -1.97. The lowest BCUT2D eigenvalue weighted by molar-refractivity contribution is 0.0695. The molecule has 0 saturated carbocycles. The highest BCUT2D eigenvalue weighted by Gasteiger charge is 2.12. The van der Waals surface area contributed by atoms with Gasteiger partial charge >= 0.3 is 5.97 Å². The zero-order chi connectivity index (χ0) is 11.1. The quantitative estimate of drug-likeness (QED) is 0.727. The lowest BCUT2D eigenvalue weighted by atomic mass is 10.3. The largest absolute Gasteiger partial charge is 0.478 e. The summed E-state index contributed by atoms with van der Waals surface area (Å²) in [7, 11) is 0. The van der Waals surface area contributed by atoms with Crippen molar-refractivity contribution in [1.82, 2.24) is 0 Å². The standard InChI is InChI=1S/C11H16O3S/c1-2-3-4-7-15-8-10-9(11(12)13)5-6-14-10/h5-6H,2-4,7-8H2,1H3,(H,12,13). The highest BCUT2D eigenvalue weighted by Crippen LogP contribution is 2.19. The molecule has 0 saturated heterocycles. The third-order valence-electron chi connectivity index (χ3n) is 2.10. The van der Waals surface area contributed by atoms with E-state index in [1.807, 2.05) is 0 Å². The summed E-state index contributed by atoms with van der Waals surface area (Å²) in [5.41, 5.74) is 0.290. The van der Waals surface area contributed by atoms with Crippen molar-refractivity contribution in [3.8, 4) is 0 Å². The van der Waals surface area contributed by atoms with Gasteiger partial charge in [0.15, 0.2) is 0 Å². The maximum absolute atomic E-state index is 10.7. The van der Waals surface area contributed by atoms with Crippen LogP contribution in [-0.2, 0) is 5.75 Å². The predicted molar refractivity (Wildman–Crippen MR) is 61.4 cm³/mol. The number of aromatic carboxylic acids is 1. The van der Waals surface area contributed by atoms with Crippen molar-refractivity contribution < 1.29 is 14.3 Å². The highest BCUT2D eigenvalue weighted by atomic mass is 32.2. The van der Waals surface area contributed by atoms with Crippen molar-refractivity contribution >= 4 is 17.7 Å². The van der Waals surface area contributed by atoms with E-state index in [0.717, 1.165) is 5.75 Å². The van der Waals surface area contributed by atoms with E-state index in [1.165, 1.54) is 31.6 Å². The number of furan rings is 1. The summed E-state index contributed by atoms with van der Waals surface area (Å²) in [6, 6.07) is 1.50. The SMILES string of the molecule is CCCCCSCc1occc1C(=O)O. The maximum Gasteiger partial charge on any atom is 0.339 e. The first kappa shape index (κ1) is 12.2. The fraction of sp³-hybridized carbons (Fsp3) is 0.545. The van der Waals surface area contributed by atoms with Crippen molar-refractivity contribution in [1.29, 1.82) is 0 Å². The molecule has 0 fully saturated rings. The van der Waals surface area contributed by atoms with E-state index in [0.29, 0.717) is 11.5 Å². The number of hydrogen-bond donors (Lipinski definition) is 1. The van der Waals surface area contributed by atoms with Crippen molar-refractivity contribution in [2.24, 2.45) is 0 Å². The molecule has 1 N–H and O–H groups in total. The minimum atomic E-state index is -0.909. The van der Waals surface area contributed by atoms with Crippen LogP contribution in [0.1, 0.15) is 42.3 Å². The lowest BCUT2D eigenvalue weighted by Gasteiger charge is -1.99. The molecule has 1 aromatic heterocycles. The summed E-state index contributed by atoms with van der Waals surface area (Å²) >= 11 is 1.73. The second kappa shape index (κ2) is 6.56. The van der Waals surface area contributed by atoms with Gasteiger partial charge in [0, 0.05) is 0 Å². The number of rotatable bonds is 7. The van der Waals surface area contributed by atoms with E-state index in [4.69, 9.17) is 9.52 Å². The minimum absolute atomic E-state index is 0.290. The summed E-state index contributed by atoms with van der Waals surface area (Å²) in [5, 5.41) is 8.83. The number of hydrogen-bond acceptors (Lipinski definition) is 3. The Morgan fingerprint density at radius 2 is 2.33 bits per heavy atom. The molecule has 0 spiro atoms. The van der Waals surface area contributed by atoms with Gasteiger partial charge in [0.1, 0.15) is 11.3 Å². The molecule has 0 bridgehead atoms. The molecule has 0 aliphatic rings. The van der Waals surface area contributed by atoms with E-state index in [2.05, 4.69) is 6.92 Å². The Morgan fingerprint density at radius 1 is 1.53 bits per heavy atom. The topological polar surface area (TPSA) is 50.4 Å². The Labute approximate surface area is 93.9 Å². The van der Waals surface area contributed by atoms with Gasteiger partial charge in [-0.3, -0.25) is 0 Å². The maximum atomic E-state index is 10.7. The number of carboxylic acid groups (broad SMARTS) is 1. The van der Waals surface area contributed by atoms with Crippen molar-refractivity contribution in [2.45, 2.75) is 31.9 Å². The van der Waals surface area contributed by atoms with Crippen molar-refractivity contribution in [3.63, 3.8) is 0 Å². The van der Waals surface area contributed by atoms with Crippen LogP contribution in [0, 0.1) is 0 Å². The fourth-order valence-corrected chi connectivity index (χ4v) is 2.22. The molecule has 84 valence electrons. The van der Waals surface area contributed by atoms with Crippen molar-refractivity contribution in [3.05, 3.63) is 23.7 Å². The Hall–Kier alpha value is -0.900. The molecule has 0 aliphatic carbocycles. The first-order valence-corrected chi connectivity index (χ1v) is 6.28. The normalized spacial score (nSPS) is 10.5. The molecule has 0 aromatic carbocycles. The Bertz CT molecular complexity index is 307. The molecule has 4 heteroatoms. The van der Waals surface area contributed by atoms with E-state index in [-0.39, 0.29) is 5.56 Å². The second-order valence-electron chi connectivity index (χ2n) is 3.32. The number of thioether (sulfide) groups is 1. The average Bonchev–Trinajstić information content (AvgIpc) is 2.66. The third-order valence-corrected chi connectivity index (χ3v) is 3.14. The van der Waals surface area contributed by atoms with Crippen LogP contribution in [0.15, 0.2) is 16.7 Å². The zero-order valence-electron chi connectivity index (χ0n) is 8.86. The molecule has 1 aromatic rings. The summed E-state index contributed by atoms with van der Waals surface area (Å²) in [6.45, 7) is 2.17. The van der Waals surface area contributed by atoms with Crippen LogP contribution in [0.25, 0.3) is 0 Å². The molecule has 1 heterocycles. The Balaban J connectivity index is 2.31. The smallest absolute Gasteiger partial charge is 0.339 e. The number of unbranched alkanes of at least 4 members (excludes halogenated alkanes) is 2. The monoisotopic (exact) mass is 228 g/mol.